The molecule has 4 N–H and O–H groups in total. The molecular formula is C21H33ClF2N2O4. The van der Waals surface area contributed by atoms with E-state index in [9.17, 15) is 23.8 Å². The van der Waals surface area contributed by atoms with E-state index in [1.165, 1.54) is 19.1 Å². The van der Waals surface area contributed by atoms with Gasteiger partial charge in [0.25, 0.3) is 0 Å². The molecule has 1 heterocycles. The number of carbonyl (C=O) groups excluding carboxylic acids is 1. The second-order valence-electron chi connectivity index (χ2n) is 9.01. The summed E-state index contributed by atoms with van der Waals surface area (Å²) in [4.78, 5) is 11.6. The van der Waals surface area contributed by atoms with Crippen LogP contribution in [0.2, 0.25) is 0 Å². The molecule has 0 aliphatic carbocycles. The van der Waals surface area contributed by atoms with E-state index in [1.807, 2.05) is 20.8 Å². The molecule has 1 amide bonds. The molecule has 0 radical (unpaired) electrons. The fourth-order valence-corrected chi connectivity index (χ4v) is 3.67. The van der Waals surface area contributed by atoms with E-state index in [4.69, 9.17) is 4.74 Å². The zero-order valence-corrected chi connectivity index (χ0v) is 18.6. The van der Waals surface area contributed by atoms with E-state index < -0.39 is 36.1 Å². The number of aliphatic hydroxyl groups excluding tert-OH is 2. The molecule has 0 spiro atoms. The van der Waals surface area contributed by atoms with E-state index in [0.717, 1.165) is 6.07 Å². The van der Waals surface area contributed by atoms with E-state index in [-0.39, 0.29) is 36.3 Å². The first-order valence-corrected chi connectivity index (χ1v) is 9.90. The summed E-state index contributed by atoms with van der Waals surface area (Å²) in [7, 11) is 0. The van der Waals surface area contributed by atoms with Crippen LogP contribution in [0.3, 0.4) is 0 Å². The Hall–Kier alpha value is -1.32. The Morgan fingerprint density at radius 2 is 1.87 bits per heavy atom. The predicted octanol–water partition coefficient (Wildman–Crippen LogP) is 2.30. The molecule has 2 rings (SSSR count). The third-order valence-corrected chi connectivity index (χ3v) is 4.85. The van der Waals surface area contributed by atoms with Crippen LogP contribution in [0, 0.1) is 17.0 Å². The average Bonchev–Trinajstić information content (AvgIpc) is 2.98. The second-order valence-corrected chi connectivity index (χ2v) is 9.01. The van der Waals surface area contributed by atoms with Crippen LogP contribution in [0.15, 0.2) is 18.2 Å². The largest absolute Gasteiger partial charge is 0.389 e. The Morgan fingerprint density at radius 1 is 1.27 bits per heavy atom. The molecule has 0 saturated carbocycles. The number of benzene rings is 1. The summed E-state index contributed by atoms with van der Waals surface area (Å²) in [6.07, 6.45) is -1.19. The first-order chi connectivity index (χ1) is 13.4. The maximum atomic E-state index is 13.5. The first kappa shape index (κ1) is 26.7. The highest BCUT2D eigenvalue weighted by atomic mass is 35.5. The molecule has 1 aromatic rings. The van der Waals surface area contributed by atoms with Gasteiger partial charge in [-0.3, -0.25) is 4.79 Å². The normalized spacial score (nSPS) is 22.1. The van der Waals surface area contributed by atoms with Crippen molar-refractivity contribution >= 4 is 18.3 Å². The molecule has 0 aromatic heterocycles. The fourth-order valence-electron chi connectivity index (χ4n) is 3.67. The lowest BCUT2D eigenvalue weighted by atomic mass is 9.92. The molecule has 0 bridgehead atoms. The summed E-state index contributed by atoms with van der Waals surface area (Å²) < 4.78 is 32.7. The highest BCUT2D eigenvalue weighted by Gasteiger charge is 2.36. The second kappa shape index (κ2) is 11.3. The zero-order valence-electron chi connectivity index (χ0n) is 17.8. The van der Waals surface area contributed by atoms with Crippen molar-refractivity contribution in [1.82, 2.24) is 10.6 Å². The van der Waals surface area contributed by atoms with Crippen LogP contribution in [0.1, 0.15) is 46.1 Å². The quantitative estimate of drug-likeness (QED) is 0.456. The van der Waals surface area contributed by atoms with Crippen molar-refractivity contribution < 1.29 is 28.5 Å². The molecule has 172 valence electrons. The van der Waals surface area contributed by atoms with E-state index in [1.54, 1.807) is 0 Å². The fraction of sp³-hybridized carbons (Fsp3) is 0.667. The molecular weight excluding hydrogens is 418 g/mol. The van der Waals surface area contributed by atoms with Crippen molar-refractivity contribution in [3.8, 4) is 0 Å². The lowest BCUT2D eigenvalue weighted by molar-refractivity contribution is -0.146. The third-order valence-electron chi connectivity index (χ3n) is 4.85. The maximum absolute atomic E-state index is 13.5. The average molecular weight is 451 g/mol. The van der Waals surface area contributed by atoms with Crippen LogP contribution >= 0.6 is 12.4 Å². The van der Waals surface area contributed by atoms with Gasteiger partial charge in [0.1, 0.15) is 11.6 Å². The van der Waals surface area contributed by atoms with Crippen LogP contribution in [0.4, 0.5) is 8.78 Å². The number of hydrogen-bond donors (Lipinski definition) is 4. The monoisotopic (exact) mass is 450 g/mol. The molecule has 5 atom stereocenters. The van der Waals surface area contributed by atoms with Crippen molar-refractivity contribution in [3.05, 3.63) is 35.4 Å². The van der Waals surface area contributed by atoms with Crippen LogP contribution in [-0.2, 0) is 16.0 Å². The third kappa shape index (κ3) is 8.81. The maximum Gasteiger partial charge on any atom is 0.217 e. The summed E-state index contributed by atoms with van der Waals surface area (Å²) in [5.41, 5.74) is 0.257. The van der Waals surface area contributed by atoms with Gasteiger partial charge in [0.15, 0.2) is 6.29 Å². The van der Waals surface area contributed by atoms with Crippen LogP contribution < -0.4 is 10.6 Å². The van der Waals surface area contributed by atoms with E-state index in [2.05, 4.69) is 10.6 Å². The molecule has 0 unspecified atom stereocenters. The molecule has 9 heteroatoms. The summed E-state index contributed by atoms with van der Waals surface area (Å²) in [6.45, 7) is 7.79. The lowest BCUT2D eigenvalue weighted by Crippen LogP contribution is -2.51. The number of amides is 1. The number of aliphatic hydroxyl groups is 2. The number of hydrogen-bond acceptors (Lipinski definition) is 5. The SMILES string of the molecule is CC(=O)N[C@@H](Cc1cc(F)cc(F)c1)[C@H](O)[C@H]1C[C@@H](O[C@H](O)CC(C)(C)C)CN1.Cl. The van der Waals surface area contributed by atoms with Gasteiger partial charge in [0.2, 0.25) is 5.91 Å². The number of halogens is 3. The zero-order chi connectivity index (χ0) is 21.8. The van der Waals surface area contributed by atoms with Crippen molar-refractivity contribution in [3.63, 3.8) is 0 Å². The van der Waals surface area contributed by atoms with Crippen LogP contribution in [0.5, 0.6) is 0 Å². The minimum absolute atomic E-state index is 0. The smallest absolute Gasteiger partial charge is 0.217 e. The van der Waals surface area contributed by atoms with Crippen molar-refractivity contribution in [2.45, 2.75) is 77.5 Å². The van der Waals surface area contributed by atoms with Gasteiger partial charge in [0.05, 0.1) is 18.2 Å². The standard InChI is InChI=1S/C21H32F2N2O4.ClH/c1-12(26)25-18(7-13-5-14(22)8-15(23)6-13)20(28)17-9-16(11-24-17)29-19(27)10-21(2,3)4;/h5-6,8,16-20,24,27-28H,7,9-11H2,1-4H3,(H,25,26);1H/t16-,17-,18+,19+,20-;/m1./s1. The lowest BCUT2D eigenvalue weighted by Gasteiger charge is -2.28. The Balaban J connectivity index is 0.00000450. The van der Waals surface area contributed by atoms with Crippen LogP contribution in [0.25, 0.3) is 0 Å². The van der Waals surface area contributed by atoms with E-state index in [0.29, 0.717) is 24.9 Å². The van der Waals surface area contributed by atoms with Gasteiger partial charge in [-0.1, -0.05) is 20.8 Å². The van der Waals surface area contributed by atoms with Gasteiger partial charge in [-0.25, -0.2) is 8.78 Å². The van der Waals surface area contributed by atoms with Gasteiger partial charge < -0.3 is 25.6 Å². The molecule has 1 fully saturated rings. The van der Waals surface area contributed by atoms with Crippen molar-refractivity contribution in [2.24, 2.45) is 5.41 Å². The Kier molecular flexibility index (Phi) is 10.1. The van der Waals surface area contributed by atoms with Crippen molar-refractivity contribution in [2.75, 3.05) is 6.54 Å². The van der Waals surface area contributed by atoms with Gasteiger partial charge >= 0.3 is 0 Å². The molecule has 1 aliphatic rings. The minimum atomic E-state index is -1.00. The molecule has 6 nitrogen and oxygen atoms in total. The van der Waals surface area contributed by atoms with Gasteiger partial charge in [-0.05, 0) is 36.0 Å². The summed E-state index contributed by atoms with van der Waals surface area (Å²) in [5.74, 6) is -1.77. The number of ether oxygens (including phenoxy) is 1. The summed E-state index contributed by atoms with van der Waals surface area (Å²) in [5, 5.41) is 26.7. The molecule has 1 aromatic carbocycles. The Morgan fingerprint density at radius 3 is 2.40 bits per heavy atom. The predicted molar refractivity (Wildman–Crippen MR) is 112 cm³/mol. The summed E-state index contributed by atoms with van der Waals surface area (Å²) >= 11 is 0. The van der Waals surface area contributed by atoms with Gasteiger partial charge in [-0.15, -0.1) is 12.4 Å². The highest BCUT2D eigenvalue weighted by molar-refractivity contribution is 5.85. The summed E-state index contributed by atoms with van der Waals surface area (Å²) in [6, 6.07) is 2.01. The topological polar surface area (TPSA) is 90.8 Å². The molecule has 1 saturated heterocycles. The number of rotatable bonds is 8. The molecule has 30 heavy (non-hydrogen) atoms. The highest BCUT2D eigenvalue weighted by Crippen LogP contribution is 2.24. The Bertz CT molecular complexity index is 682. The van der Waals surface area contributed by atoms with Gasteiger partial charge in [0, 0.05) is 32.0 Å². The first-order valence-electron chi connectivity index (χ1n) is 9.90. The van der Waals surface area contributed by atoms with E-state index >= 15 is 0 Å². The number of nitrogens with one attached hydrogen (secondary N) is 2. The Labute approximate surface area is 182 Å². The van der Waals surface area contributed by atoms with Crippen LogP contribution in [-0.4, -0.2) is 53.2 Å². The molecule has 1 aliphatic heterocycles. The van der Waals surface area contributed by atoms with Gasteiger partial charge in [-0.2, -0.15) is 0 Å². The number of carbonyl (C=O) groups is 1. The minimum Gasteiger partial charge on any atom is -0.389 e. The van der Waals surface area contributed by atoms with Crippen molar-refractivity contribution in [1.29, 1.82) is 0 Å².